The number of carbonyl (C=O) groups is 1. The van der Waals surface area contributed by atoms with Gasteiger partial charge in [0.15, 0.2) is 0 Å². The molecule has 0 aliphatic rings. The monoisotopic (exact) mass is 632 g/mol. The van der Waals surface area contributed by atoms with Crippen molar-refractivity contribution in [3.8, 4) is 0 Å². The summed E-state index contributed by atoms with van der Waals surface area (Å²) in [5.74, 6) is -0.339. The van der Waals surface area contributed by atoms with Crippen LogP contribution in [0.1, 0.15) is 174 Å². The average Bonchev–Trinajstić information content (AvgIpc) is 3.03. The van der Waals surface area contributed by atoms with Gasteiger partial charge in [0.25, 0.3) is 0 Å². The summed E-state index contributed by atoms with van der Waals surface area (Å²) in [6.45, 7) is 3.95. The van der Waals surface area contributed by atoms with Crippen LogP contribution in [0.2, 0.25) is 0 Å². The summed E-state index contributed by atoms with van der Waals surface area (Å²) in [6, 6.07) is -0.768. The lowest BCUT2D eigenvalue weighted by Crippen LogP contribution is -2.45. The summed E-state index contributed by atoms with van der Waals surface area (Å²) in [7, 11) is 0. The number of rotatable bonds is 33. The van der Waals surface area contributed by atoms with Gasteiger partial charge >= 0.3 is 0 Å². The number of nitrogens with one attached hydrogen (secondary N) is 1. The fourth-order valence-electron chi connectivity index (χ4n) is 5.49. The highest BCUT2D eigenvalue weighted by atomic mass is 16.3. The molecule has 0 aromatic carbocycles. The van der Waals surface area contributed by atoms with E-state index in [1.807, 2.05) is 13.0 Å². The third-order valence-electron chi connectivity index (χ3n) is 8.41. The van der Waals surface area contributed by atoms with E-state index in [1.54, 1.807) is 6.08 Å². The van der Waals surface area contributed by atoms with Gasteiger partial charge in [0.1, 0.15) is 0 Å². The maximum Gasteiger partial charge on any atom is 0.222 e. The fourth-order valence-corrected chi connectivity index (χ4v) is 5.49. The zero-order chi connectivity index (χ0) is 33.1. The molecule has 3 unspecified atom stereocenters. The lowest BCUT2D eigenvalue weighted by molar-refractivity contribution is -0.124. The molecule has 1 amide bonds. The highest BCUT2D eigenvalue weighted by Crippen LogP contribution is 2.14. The van der Waals surface area contributed by atoms with Gasteiger partial charge < -0.3 is 20.6 Å². The van der Waals surface area contributed by atoms with Gasteiger partial charge in [-0.3, -0.25) is 4.79 Å². The Kier molecular flexibility index (Phi) is 33.8. The quantitative estimate of drug-likeness (QED) is 0.0429. The molecular formula is C40H73NO4. The minimum Gasteiger partial charge on any atom is -0.394 e. The number of hydrogen-bond donors (Lipinski definition) is 4. The van der Waals surface area contributed by atoms with Crippen LogP contribution >= 0.6 is 0 Å². The van der Waals surface area contributed by atoms with Crippen LogP contribution in [0.25, 0.3) is 0 Å². The second-order valence-corrected chi connectivity index (χ2v) is 12.8. The van der Waals surface area contributed by atoms with Crippen molar-refractivity contribution in [1.82, 2.24) is 5.32 Å². The molecule has 0 aromatic heterocycles. The molecule has 0 aliphatic carbocycles. The highest BCUT2D eigenvalue weighted by Gasteiger charge is 2.20. The van der Waals surface area contributed by atoms with Crippen LogP contribution in [0.3, 0.4) is 0 Å². The van der Waals surface area contributed by atoms with Crippen molar-refractivity contribution < 1.29 is 20.1 Å². The summed E-state index contributed by atoms with van der Waals surface area (Å²) in [6.07, 6.45) is 44.1. The lowest BCUT2D eigenvalue weighted by Gasteiger charge is -2.20. The Balaban J connectivity index is 3.68. The van der Waals surface area contributed by atoms with E-state index in [2.05, 4.69) is 48.7 Å². The van der Waals surface area contributed by atoms with Crippen LogP contribution in [-0.4, -0.2) is 46.1 Å². The number of carbonyl (C=O) groups excluding carboxylic acids is 1. The van der Waals surface area contributed by atoms with E-state index in [4.69, 9.17) is 0 Å². The van der Waals surface area contributed by atoms with Gasteiger partial charge in [0.2, 0.25) is 5.91 Å². The normalized spacial score (nSPS) is 14.3. The molecule has 262 valence electrons. The average molecular weight is 632 g/mol. The molecule has 0 aliphatic heterocycles. The second kappa shape index (κ2) is 35.2. The van der Waals surface area contributed by atoms with Crippen LogP contribution in [0.15, 0.2) is 48.6 Å². The first-order valence-corrected chi connectivity index (χ1v) is 18.9. The van der Waals surface area contributed by atoms with E-state index < -0.39 is 18.2 Å². The number of aliphatic hydroxyl groups excluding tert-OH is 3. The Morgan fingerprint density at radius 2 is 1.04 bits per heavy atom. The summed E-state index contributed by atoms with van der Waals surface area (Å²) in [5, 5.41) is 32.9. The van der Waals surface area contributed by atoms with E-state index in [0.29, 0.717) is 6.42 Å². The molecule has 0 bridgehead atoms. The highest BCUT2D eigenvalue weighted by molar-refractivity contribution is 5.76. The van der Waals surface area contributed by atoms with Crippen LogP contribution in [-0.2, 0) is 4.79 Å². The summed E-state index contributed by atoms with van der Waals surface area (Å²) >= 11 is 0. The standard InChI is InChI=1S/C40H73NO4/c1-3-5-7-9-11-13-14-15-16-17-18-19-20-21-22-23-24-26-27-29-31-33-37(43)35-40(45)41-38(36-42)39(44)34-32-30-28-25-12-10-8-6-4-2/h4,6,12,21-22,25,32,34,37-39,42-44H,3,5,7-11,13-20,23-24,26-31,33,35-36H2,1-2H3,(H,41,45)/b6-4+,22-21-,25-12+,34-32+. The molecule has 0 fully saturated rings. The Bertz CT molecular complexity index is 745. The molecule has 0 spiro atoms. The Hall–Kier alpha value is -1.69. The summed E-state index contributed by atoms with van der Waals surface area (Å²) in [4.78, 5) is 12.3. The van der Waals surface area contributed by atoms with Gasteiger partial charge in [-0.25, -0.2) is 0 Å². The molecule has 0 radical (unpaired) electrons. The van der Waals surface area contributed by atoms with Crippen molar-refractivity contribution in [3.63, 3.8) is 0 Å². The first-order valence-electron chi connectivity index (χ1n) is 18.9. The molecule has 0 aromatic rings. The second-order valence-electron chi connectivity index (χ2n) is 12.8. The van der Waals surface area contributed by atoms with E-state index in [9.17, 15) is 20.1 Å². The third-order valence-corrected chi connectivity index (χ3v) is 8.41. The fraction of sp³-hybridized carbons (Fsp3) is 0.775. The zero-order valence-electron chi connectivity index (χ0n) is 29.5. The maximum absolute atomic E-state index is 12.3. The predicted molar refractivity (Wildman–Crippen MR) is 194 cm³/mol. The Labute approximate surface area is 278 Å². The number of allylic oxidation sites excluding steroid dienone is 7. The molecule has 0 saturated carbocycles. The molecule has 4 N–H and O–H groups in total. The topological polar surface area (TPSA) is 89.8 Å². The lowest BCUT2D eigenvalue weighted by atomic mass is 10.0. The Morgan fingerprint density at radius 1 is 0.600 bits per heavy atom. The number of amides is 1. The van der Waals surface area contributed by atoms with E-state index in [-0.39, 0.29) is 18.9 Å². The predicted octanol–water partition coefficient (Wildman–Crippen LogP) is 10.2. The van der Waals surface area contributed by atoms with Crippen LogP contribution in [0, 0.1) is 0 Å². The molecular weight excluding hydrogens is 558 g/mol. The molecule has 3 atom stereocenters. The number of hydrogen-bond acceptors (Lipinski definition) is 4. The summed E-state index contributed by atoms with van der Waals surface area (Å²) in [5.41, 5.74) is 0. The van der Waals surface area contributed by atoms with E-state index in [0.717, 1.165) is 51.4 Å². The van der Waals surface area contributed by atoms with Crippen molar-refractivity contribution in [2.45, 2.75) is 193 Å². The van der Waals surface area contributed by atoms with Crippen molar-refractivity contribution in [2.24, 2.45) is 0 Å². The van der Waals surface area contributed by atoms with Crippen molar-refractivity contribution >= 4 is 5.91 Å². The van der Waals surface area contributed by atoms with E-state index >= 15 is 0 Å². The van der Waals surface area contributed by atoms with Gasteiger partial charge in [-0.1, -0.05) is 152 Å². The first kappa shape index (κ1) is 43.3. The summed E-state index contributed by atoms with van der Waals surface area (Å²) < 4.78 is 0. The van der Waals surface area contributed by atoms with E-state index in [1.165, 1.54) is 96.3 Å². The van der Waals surface area contributed by atoms with Crippen molar-refractivity contribution in [3.05, 3.63) is 48.6 Å². The molecule has 5 heteroatoms. The van der Waals surface area contributed by atoms with Crippen LogP contribution < -0.4 is 5.32 Å². The molecule has 0 heterocycles. The van der Waals surface area contributed by atoms with Gasteiger partial charge in [-0.15, -0.1) is 0 Å². The van der Waals surface area contributed by atoms with Crippen molar-refractivity contribution in [1.29, 1.82) is 0 Å². The first-order chi connectivity index (χ1) is 22.0. The number of unbranched alkanes of at least 4 members (excludes halogenated alkanes) is 19. The third kappa shape index (κ3) is 32.1. The largest absolute Gasteiger partial charge is 0.394 e. The SMILES string of the molecule is C/C=C/CC/C=C/CC/C=C/C(O)C(CO)NC(=O)CC(O)CCCCCCC/C=C\CCCCCCCCCCCCCC. The van der Waals surface area contributed by atoms with Gasteiger partial charge in [0.05, 0.1) is 31.3 Å². The molecule has 5 nitrogen and oxygen atoms in total. The smallest absolute Gasteiger partial charge is 0.222 e. The minimum atomic E-state index is -0.959. The van der Waals surface area contributed by atoms with Crippen LogP contribution in [0.5, 0.6) is 0 Å². The molecule has 45 heavy (non-hydrogen) atoms. The Morgan fingerprint density at radius 3 is 1.56 bits per heavy atom. The maximum atomic E-state index is 12.3. The van der Waals surface area contributed by atoms with Gasteiger partial charge in [-0.05, 0) is 64.7 Å². The van der Waals surface area contributed by atoms with Crippen LogP contribution in [0.4, 0.5) is 0 Å². The zero-order valence-corrected chi connectivity index (χ0v) is 29.5. The van der Waals surface area contributed by atoms with Gasteiger partial charge in [-0.2, -0.15) is 0 Å². The molecule has 0 rings (SSSR count). The van der Waals surface area contributed by atoms with Gasteiger partial charge in [0, 0.05) is 0 Å². The van der Waals surface area contributed by atoms with Crippen molar-refractivity contribution in [2.75, 3.05) is 6.61 Å². The minimum absolute atomic E-state index is 0.00502. The number of aliphatic hydroxyl groups is 3. The molecule has 0 saturated heterocycles.